The van der Waals surface area contributed by atoms with E-state index in [0.29, 0.717) is 6.42 Å². The first kappa shape index (κ1) is 10.7. The normalized spacial score (nSPS) is 15.1. The highest BCUT2D eigenvalue weighted by molar-refractivity contribution is 5.90. The Hall–Kier alpha value is -1.36. The number of carbonyl (C=O) groups is 1. The number of aliphatic hydroxyl groups is 1. The van der Waals surface area contributed by atoms with Crippen LogP contribution in [0.1, 0.15) is 36.8 Å². The molecule has 14 heavy (non-hydrogen) atoms. The van der Waals surface area contributed by atoms with Crippen LogP contribution in [0, 0.1) is 0 Å². The Labute approximate surface area is 82.6 Å². The van der Waals surface area contributed by atoms with Gasteiger partial charge in [0.05, 0.1) is 18.5 Å². The number of amides is 1. The van der Waals surface area contributed by atoms with Gasteiger partial charge in [0, 0.05) is 6.20 Å². The average molecular weight is 197 g/mol. The summed E-state index contributed by atoms with van der Waals surface area (Å²) in [6, 6.07) is -0.0967. The van der Waals surface area contributed by atoms with Crippen LogP contribution in [0.4, 0.5) is 0 Å². The standard InChI is InChI=1S/C9H15N3O2/c1-3-8(13)6(2)12-4-7(9(10)14)11-5-12/h4-6,8,13H,3H2,1-2H3,(H2,10,14). The molecule has 0 saturated carbocycles. The summed E-state index contributed by atoms with van der Waals surface area (Å²) in [7, 11) is 0. The zero-order valence-corrected chi connectivity index (χ0v) is 8.34. The fourth-order valence-corrected chi connectivity index (χ4v) is 1.23. The first-order valence-corrected chi connectivity index (χ1v) is 4.57. The molecule has 0 fully saturated rings. The highest BCUT2D eigenvalue weighted by Gasteiger charge is 2.15. The van der Waals surface area contributed by atoms with Gasteiger partial charge in [-0.15, -0.1) is 0 Å². The molecule has 1 aromatic heterocycles. The number of nitrogens with zero attached hydrogens (tertiary/aromatic N) is 2. The third-order valence-corrected chi connectivity index (χ3v) is 2.30. The van der Waals surface area contributed by atoms with Crippen molar-refractivity contribution in [2.75, 3.05) is 0 Å². The van der Waals surface area contributed by atoms with Gasteiger partial charge >= 0.3 is 0 Å². The molecule has 1 rings (SSSR count). The first-order valence-electron chi connectivity index (χ1n) is 4.57. The number of nitrogens with two attached hydrogens (primary N) is 1. The predicted molar refractivity (Wildman–Crippen MR) is 51.8 cm³/mol. The van der Waals surface area contributed by atoms with Crippen molar-refractivity contribution in [1.82, 2.24) is 9.55 Å². The zero-order valence-electron chi connectivity index (χ0n) is 8.34. The number of carbonyl (C=O) groups excluding carboxylic acids is 1. The summed E-state index contributed by atoms with van der Waals surface area (Å²) in [6.45, 7) is 3.76. The Morgan fingerprint density at radius 2 is 2.43 bits per heavy atom. The number of aromatic nitrogens is 2. The minimum Gasteiger partial charge on any atom is -0.391 e. The molecule has 0 aliphatic heterocycles. The lowest BCUT2D eigenvalue weighted by atomic mass is 10.1. The van der Waals surface area contributed by atoms with Gasteiger partial charge in [0.1, 0.15) is 5.69 Å². The molecule has 0 bridgehead atoms. The molecule has 78 valence electrons. The number of hydrogen-bond donors (Lipinski definition) is 2. The monoisotopic (exact) mass is 197 g/mol. The van der Waals surface area contributed by atoms with Crippen LogP contribution in [0.25, 0.3) is 0 Å². The Morgan fingerprint density at radius 1 is 1.79 bits per heavy atom. The third kappa shape index (κ3) is 2.11. The average Bonchev–Trinajstić information content (AvgIpc) is 2.64. The van der Waals surface area contributed by atoms with Crippen molar-refractivity contribution < 1.29 is 9.90 Å². The molecule has 5 nitrogen and oxygen atoms in total. The quantitative estimate of drug-likeness (QED) is 0.729. The van der Waals surface area contributed by atoms with E-state index in [1.807, 2.05) is 13.8 Å². The van der Waals surface area contributed by atoms with Crippen molar-refractivity contribution >= 4 is 5.91 Å². The van der Waals surface area contributed by atoms with Crippen LogP contribution in [0.2, 0.25) is 0 Å². The lowest BCUT2D eigenvalue weighted by molar-refractivity contribution is 0.0994. The maximum atomic E-state index is 10.8. The fourth-order valence-electron chi connectivity index (χ4n) is 1.23. The second-order valence-corrected chi connectivity index (χ2v) is 3.29. The van der Waals surface area contributed by atoms with E-state index in [2.05, 4.69) is 4.98 Å². The number of rotatable bonds is 4. The van der Waals surface area contributed by atoms with E-state index in [9.17, 15) is 9.90 Å². The molecule has 0 radical (unpaired) electrons. The van der Waals surface area contributed by atoms with E-state index in [1.54, 1.807) is 10.8 Å². The third-order valence-electron chi connectivity index (χ3n) is 2.30. The van der Waals surface area contributed by atoms with Gasteiger partial charge in [-0.1, -0.05) is 6.92 Å². The highest BCUT2D eigenvalue weighted by Crippen LogP contribution is 2.13. The first-order chi connectivity index (χ1) is 6.56. The van der Waals surface area contributed by atoms with Crippen LogP contribution >= 0.6 is 0 Å². The number of primary amides is 1. The van der Waals surface area contributed by atoms with E-state index in [1.165, 1.54) is 6.33 Å². The van der Waals surface area contributed by atoms with Crippen molar-refractivity contribution in [3.63, 3.8) is 0 Å². The minimum atomic E-state index is -0.554. The molecule has 0 aromatic carbocycles. The fraction of sp³-hybridized carbons (Fsp3) is 0.556. The SMILES string of the molecule is CCC(O)C(C)n1cnc(C(N)=O)c1. The minimum absolute atomic E-state index is 0.0967. The van der Waals surface area contributed by atoms with Crippen molar-refractivity contribution in [2.24, 2.45) is 5.73 Å². The molecule has 2 unspecified atom stereocenters. The topological polar surface area (TPSA) is 81.1 Å². The summed E-state index contributed by atoms with van der Waals surface area (Å²) in [5.41, 5.74) is 5.28. The van der Waals surface area contributed by atoms with Gasteiger partial charge in [0.15, 0.2) is 0 Å². The van der Waals surface area contributed by atoms with E-state index in [4.69, 9.17) is 5.73 Å². The molecule has 0 aliphatic rings. The second-order valence-electron chi connectivity index (χ2n) is 3.29. The lowest BCUT2D eigenvalue weighted by Gasteiger charge is -2.18. The molecule has 1 amide bonds. The van der Waals surface area contributed by atoms with Crippen LogP contribution in [-0.4, -0.2) is 26.7 Å². The molecule has 5 heteroatoms. The van der Waals surface area contributed by atoms with Gasteiger partial charge in [-0.25, -0.2) is 4.98 Å². The van der Waals surface area contributed by atoms with Gasteiger partial charge in [-0.3, -0.25) is 4.79 Å². The van der Waals surface area contributed by atoms with E-state index in [-0.39, 0.29) is 11.7 Å². The number of hydrogen-bond acceptors (Lipinski definition) is 3. The summed E-state index contributed by atoms with van der Waals surface area (Å²) in [5, 5.41) is 9.56. The molecule has 0 spiro atoms. The predicted octanol–water partition coefficient (Wildman–Crippen LogP) is 0.314. The van der Waals surface area contributed by atoms with E-state index >= 15 is 0 Å². The van der Waals surface area contributed by atoms with Crippen LogP contribution in [0.5, 0.6) is 0 Å². The molecular weight excluding hydrogens is 182 g/mol. The lowest BCUT2D eigenvalue weighted by Crippen LogP contribution is -2.19. The van der Waals surface area contributed by atoms with Gasteiger partial charge in [0.25, 0.3) is 5.91 Å². The summed E-state index contributed by atoms with van der Waals surface area (Å²) < 4.78 is 1.69. The summed E-state index contributed by atoms with van der Waals surface area (Å²) in [5.74, 6) is -0.554. The van der Waals surface area contributed by atoms with Gasteiger partial charge in [-0.2, -0.15) is 0 Å². The largest absolute Gasteiger partial charge is 0.391 e. The molecule has 1 heterocycles. The Balaban J connectivity index is 2.81. The van der Waals surface area contributed by atoms with E-state index in [0.717, 1.165) is 0 Å². The van der Waals surface area contributed by atoms with Crippen LogP contribution in [0.15, 0.2) is 12.5 Å². The Kier molecular flexibility index (Phi) is 3.24. The molecule has 3 N–H and O–H groups in total. The van der Waals surface area contributed by atoms with Gasteiger partial charge in [0.2, 0.25) is 0 Å². The van der Waals surface area contributed by atoms with Crippen LogP contribution in [-0.2, 0) is 0 Å². The number of aliphatic hydroxyl groups excluding tert-OH is 1. The highest BCUT2D eigenvalue weighted by atomic mass is 16.3. The maximum Gasteiger partial charge on any atom is 0.268 e. The molecular formula is C9H15N3O2. The Bertz CT molecular complexity index is 322. The van der Waals surface area contributed by atoms with Crippen molar-refractivity contribution in [3.05, 3.63) is 18.2 Å². The molecule has 1 aromatic rings. The van der Waals surface area contributed by atoms with Gasteiger partial charge in [-0.05, 0) is 13.3 Å². The van der Waals surface area contributed by atoms with Crippen LogP contribution < -0.4 is 5.73 Å². The summed E-state index contributed by atoms with van der Waals surface area (Å²) in [6.07, 6.45) is 3.27. The Morgan fingerprint density at radius 3 is 2.86 bits per heavy atom. The number of imidazole rings is 1. The second kappa shape index (κ2) is 4.23. The van der Waals surface area contributed by atoms with Crippen molar-refractivity contribution in [1.29, 1.82) is 0 Å². The summed E-state index contributed by atoms with van der Waals surface area (Å²) in [4.78, 5) is 14.6. The van der Waals surface area contributed by atoms with Gasteiger partial charge < -0.3 is 15.4 Å². The zero-order chi connectivity index (χ0) is 10.7. The smallest absolute Gasteiger partial charge is 0.268 e. The summed E-state index contributed by atoms with van der Waals surface area (Å²) >= 11 is 0. The molecule has 0 saturated heterocycles. The van der Waals surface area contributed by atoms with Crippen molar-refractivity contribution in [2.45, 2.75) is 32.4 Å². The molecule has 0 aliphatic carbocycles. The van der Waals surface area contributed by atoms with Crippen LogP contribution in [0.3, 0.4) is 0 Å². The van der Waals surface area contributed by atoms with Crippen molar-refractivity contribution in [3.8, 4) is 0 Å². The maximum absolute atomic E-state index is 10.8. The van der Waals surface area contributed by atoms with E-state index < -0.39 is 12.0 Å². The molecule has 2 atom stereocenters.